The highest BCUT2D eigenvalue weighted by Crippen LogP contribution is 2.22. The van der Waals surface area contributed by atoms with Crippen molar-refractivity contribution < 1.29 is 9.18 Å². The molecule has 0 aromatic heterocycles. The third-order valence-corrected chi connectivity index (χ3v) is 4.99. The molecule has 3 aromatic rings. The summed E-state index contributed by atoms with van der Waals surface area (Å²) in [6.45, 7) is 1.13. The number of hydrogen-bond donors (Lipinski definition) is 3. The second-order valence-corrected chi connectivity index (χ2v) is 8.13. The minimum Gasteiger partial charge on any atom is -0.384 e. The number of para-hydroxylation sites is 1. The fourth-order valence-corrected chi connectivity index (χ4v) is 3.07. The molecule has 0 bridgehead atoms. The van der Waals surface area contributed by atoms with Gasteiger partial charge in [-0.15, -0.1) is 5.11 Å². The topological polar surface area (TPSA) is 110 Å². The lowest BCUT2D eigenvalue weighted by Gasteiger charge is -2.19. The first-order valence-electron chi connectivity index (χ1n) is 11.2. The van der Waals surface area contributed by atoms with Gasteiger partial charge >= 0.3 is 0 Å². The third-order valence-electron chi connectivity index (χ3n) is 4.99. The minimum atomic E-state index is -0.329. The van der Waals surface area contributed by atoms with Gasteiger partial charge in [-0.05, 0) is 74.8 Å². The van der Waals surface area contributed by atoms with E-state index in [1.807, 2.05) is 37.2 Å². The zero-order valence-electron chi connectivity index (χ0n) is 20.2. The molecule has 3 aromatic carbocycles. The lowest BCUT2D eigenvalue weighted by molar-refractivity contribution is -0.119. The zero-order chi connectivity index (χ0) is 25.9. The summed E-state index contributed by atoms with van der Waals surface area (Å²) in [4.78, 5) is 14.7. The van der Waals surface area contributed by atoms with Crippen LogP contribution in [0.2, 0.25) is 0 Å². The van der Waals surface area contributed by atoms with Crippen LogP contribution in [0.4, 0.5) is 15.8 Å². The number of nitrogens with zero attached hydrogens (tertiary/aromatic N) is 4. The quantitative estimate of drug-likeness (QED) is 0.141. The van der Waals surface area contributed by atoms with E-state index in [9.17, 15) is 9.18 Å². The molecule has 0 aliphatic heterocycles. The molecule has 4 N–H and O–H groups in total. The van der Waals surface area contributed by atoms with Gasteiger partial charge in [0.1, 0.15) is 18.2 Å². The van der Waals surface area contributed by atoms with Gasteiger partial charge in [-0.2, -0.15) is 0 Å². The minimum absolute atomic E-state index is 0.0387. The van der Waals surface area contributed by atoms with Crippen LogP contribution in [0.5, 0.6) is 0 Å². The number of nitrogen functional groups attached to an aromatic ring is 1. The van der Waals surface area contributed by atoms with Crippen LogP contribution in [0.25, 0.3) is 0 Å². The van der Waals surface area contributed by atoms with Crippen LogP contribution in [-0.4, -0.2) is 50.4 Å². The molecule has 3 rings (SSSR count). The third kappa shape index (κ3) is 8.04. The van der Waals surface area contributed by atoms with Crippen molar-refractivity contribution in [1.82, 2.24) is 10.2 Å². The summed E-state index contributed by atoms with van der Waals surface area (Å²) in [7, 11) is 3.86. The second-order valence-electron chi connectivity index (χ2n) is 8.13. The van der Waals surface area contributed by atoms with E-state index in [-0.39, 0.29) is 24.1 Å². The second kappa shape index (κ2) is 12.8. The van der Waals surface area contributed by atoms with Crippen molar-refractivity contribution >= 4 is 23.1 Å². The number of carbonyl (C=O) groups excluding carboxylic acids is 1. The average Bonchev–Trinajstić information content (AvgIpc) is 2.86. The largest absolute Gasteiger partial charge is 0.384 e. The lowest BCUT2D eigenvalue weighted by Crippen LogP contribution is -2.38. The van der Waals surface area contributed by atoms with Crippen molar-refractivity contribution in [2.24, 2.45) is 16.1 Å². The number of carbonyl (C=O) groups is 1. The summed E-state index contributed by atoms with van der Waals surface area (Å²) in [6, 6.07) is 19.9. The maximum Gasteiger partial charge on any atom is 0.241 e. The van der Waals surface area contributed by atoms with Gasteiger partial charge in [0, 0.05) is 24.2 Å². The number of rotatable bonds is 9. The molecular weight excluding hydrogens is 457 g/mol. The van der Waals surface area contributed by atoms with Gasteiger partial charge in [0.05, 0.1) is 16.9 Å². The van der Waals surface area contributed by atoms with Crippen LogP contribution in [-0.2, 0) is 4.79 Å². The number of benzene rings is 3. The van der Waals surface area contributed by atoms with Gasteiger partial charge in [0.2, 0.25) is 5.91 Å². The number of hydrogen-bond acceptors (Lipinski definition) is 5. The van der Waals surface area contributed by atoms with E-state index in [0.717, 1.165) is 0 Å². The molecule has 36 heavy (non-hydrogen) atoms. The molecule has 9 heteroatoms. The molecule has 0 fully saturated rings. The average molecular weight is 486 g/mol. The number of halogens is 1. The Labute approximate surface area is 210 Å². The van der Waals surface area contributed by atoms with Crippen LogP contribution in [0.3, 0.4) is 0 Å². The van der Waals surface area contributed by atoms with Crippen molar-refractivity contribution in [1.29, 1.82) is 5.41 Å². The molecule has 0 radical (unpaired) electrons. The first-order chi connectivity index (χ1) is 17.3. The molecule has 0 atom stereocenters. The fourth-order valence-electron chi connectivity index (χ4n) is 3.07. The summed E-state index contributed by atoms with van der Waals surface area (Å²) in [5.41, 5.74) is 8.51. The predicted octanol–water partition coefficient (Wildman–Crippen LogP) is 3.69. The number of nitrogens with two attached hydrogens (primary N) is 1. The molecule has 8 nitrogen and oxygen atoms in total. The van der Waals surface area contributed by atoms with Crippen molar-refractivity contribution in [3.05, 3.63) is 95.3 Å². The first kappa shape index (κ1) is 26.1. The summed E-state index contributed by atoms with van der Waals surface area (Å²) in [5.74, 6) is 5.52. The highest BCUT2D eigenvalue weighted by Gasteiger charge is 2.14. The summed E-state index contributed by atoms with van der Waals surface area (Å²) < 4.78 is 13.2. The normalized spacial score (nSPS) is 10.7. The van der Waals surface area contributed by atoms with Gasteiger partial charge < -0.3 is 16.0 Å². The van der Waals surface area contributed by atoms with E-state index in [1.54, 1.807) is 42.5 Å². The van der Waals surface area contributed by atoms with E-state index in [1.165, 1.54) is 17.1 Å². The van der Waals surface area contributed by atoms with Gasteiger partial charge in [0.15, 0.2) is 0 Å². The Hall–Kier alpha value is -4.55. The highest BCUT2D eigenvalue weighted by molar-refractivity contribution is 5.95. The zero-order valence-corrected chi connectivity index (χ0v) is 20.2. The van der Waals surface area contributed by atoms with Gasteiger partial charge in [-0.3, -0.25) is 10.2 Å². The van der Waals surface area contributed by atoms with Crippen LogP contribution in [0.15, 0.2) is 83.1 Å². The Morgan fingerprint density at radius 2 is 1.72 bits per heavy atom. The monoisotopic (exact) mass is 485 g/mol. The molecule has 0 saturated carbocycles. The molecule has 184 valence electrons. The Morgan fingerprint density at radius 3 is 2.39 bits per heavy atom. The predicted molar refractivity (Wildman–Crippen MR) is 140 cm³/mol. The van der Waals surface area contributed by atoms with Crippen molar-refractivity contribution in [2.45, 2.75) is 0 Å². The van der Waals surface area contributed by atoms with Gasteiger partial charge in [-0.25, -0.2) is 9.40 Å². The number of anilines is 1. The smallest absolute Gasteiger partial charge is 0.241 e. The molecular formula is C27H28FN7O. The Bertz CT molecular complexity index is 1280. The standard InChI is InChI=1S/C27H28FN7O/c1-34(2)18-17-31-26(36)19-35(33-32-24-15-11-22(12-16-24)27(29)30)25-6-4-3-5-21(25)10-7-20-8-13-23(28)14-9-20/h3-6,8-9,11-16H,17-19H2,1-2H3,(H3,29,30)(H,31,36)/b33-32+. The van der Waals surface area contributed by atoms with E-state index in [4.69, 9.17) is 11.1 Å². The lowest BCUT2D eigenvalue weighted by atomic mass is 10.1. The van der Waals surface area contributed by atoms with E-state index in [0.29, 0.717) is 41.2 Å². The molecule has 0 heterocycles. The summed E-state index contributed by atoms with van der Waals surface area (Å²) in [5, 5.41) is 20.5. The van der Waals surface area contributed by atoms with Gasteiger partial charge in [-0.1, -0.05) is 29.2 Å². The molecule has 0 saturated heterocycles. The Kier molecular flexibility index (Phi) is 9.26. The number of amides is 1. The molecule has 0 aliphatic rings. The summed E-state index contributed by atoms with van der Waals surface area (Å²) in [6.07, 6.45) is 0. The molecule has 1 amide bonds. The van der Waals surface area contributed by atoms with Crippen molar-refractivity contribution in [3.63, 3.8) is 0 Å². The fraction of sp³-hybridized carbons (Fsp3) is 0.185. The Balaban J connectivity index is 1.89. The van der Waals surface area contributed by atoms with Crippen molar-refractivity contribution in [3.8, 4) is 11.8 Å². The van der Waals surface area contributed by atoms with E-state index in [2.05, 4.69) is 27.5 Å². The number of amidine groups is 1. The number of likely N-dealkylation sites (N-methyl/N-ethyl adjacent to an activating group) is 1. The van der Waals surface area contributed by atoms with Crippen molar-refractivity contribution in [2.75, 3.05) is 38.7 Å². The van der Waals surface area contributed by atoms with Crippen LogP contribution < -0.4 is 16.1 Å². The van der Waals surface area contributed by atoms with E-state index >= 15 is 0 Å². The van der Waals surface area contributed by atoms with E-state index < -0.39 is 0 Å². The van der Waals surface area contributed by atoms with Crippen LogP contribution in [0.1, 0.15) is 16.7 Å². The Morgan fingerprint density at radius 1 is 1.03 bits per heavy atom. The molecule has 0 spiro atoms. The first-order valence-corrected chi connectivity index (χ1v) is 11.2. The SMILES string of the molecule is CN(C)CCNC(=O)CN(/N=N/c1ccc(C(=N)N)cc1)c1ccccc1C#Cc1ccc(F)cc1. The molecule has 0 aliphatic carbocycles. The maximum absolute atomic E-state index is 13.2. The summed E-state index contributed by atoms with van der Waals surface area (Å²) >= 11 is 0. The highest BCUT2D eigenvalue weighted by atomic mass is 19.1. The van der Waals surface area contributed by atoms with Gasteiger partial charge in [0.25, 0.3) is 0 Å². The molecule has 0 unspecified atom stereocenters. The number of nitrogens with one attached hydrogen (secondary N) is 2. The van der Waals surface area contributed by atoms with Crippen LogP contribution in [0, 0.1) is 23.1 Å². The maximum atomic E-state index is 13.2. The van der Waals surface area contributed by atoms with Crippen LogP contribution >= 0.6 is 0 Å².